The summed E-state index contributed by atoms with van der Waals surface area (Å²) in [6.45, 7) is 1.35. The largest absolute Gasteiger partial charge is 0.332 e. The Morgan fingerprint density at radius 2 is 1.94 bits per heavy atom. The van der Waals surface area contributed by atoms with E-state index >= 15 is 0 Å². The number of fused-ring (bicyclic) bond motifs is 1. The highest BCUT2D eigenvalue weighted by molar-refractivity contribution is 7.91. The van der Waals surface area contributed by atoms with Gasteiger partial charge in [0.15, 0.2) is 9.84 Å². The smallest absolute Gasteiger partial charge is 0.318 e. The van der Waals surface area contributed by atoms with Crippen molar-refractivity contribution in [1.29, 1.82) is 0 Å². The molecule has 0 aliphatic carbocycles. The van der Waals surface area contributed by atoms with Gasteiger partial charge in [0.05, 0.1) is 23.6 Å². The van der Waals surface area contributed by atoms with Crippen LogP contribution in [-0.4, -0.2) is 56.0 Å². The number of sulfone groups is 1. The van der Waals surface area contributed by atoms with Gasteiger partial charge in [0, 0.05) is 6.54 Å². The summed E-state index contributed by atoms with van der Waals surface area (Å²) >= 11 is 0. The van der Waals surface area contributed by atoms with E-state index in [1.165, 1.54) is 0 Å². The first-order valence-electron chi connectivity index (χ1n) is 6.51. The van der Waals surface area contributed by atoms with Crippen LogP contribution in [0.4, 0.5) is 4.79 Å². The average Bonchev–Trinajstić information content (AvgIpc) is 2.71. The van der Waals surface area contributed by atoms with Gasteiger partial charge in [-0.1, -0.05) is 12.8 Å². The molecule has 2 saturated heterocycles. The van der Waals surface area contributed by atoms with Gasteiger partial charge in [-0.2, -0.15) is 0 Å². The zero-order valence-corrected chi connectivity index (χ0v) is 11.3. The molecule has 3 N–H and O–H groups in total. The molecule has 2 fully saturated rings. The van der Waals surface area contributed by atoms with Crippen LogP contribution < -0.4 is 11.1 Å². The van der Waals surface area contributed by atoms with Crippen LogP contribution >= 0.6 is 0 Å². The van der Waals surface area contributed by atoms with Gasteiger partial charge < -0.3 is 16.0 Å². The molecule has 0 aromatic rings. The van der Waals surface area contributed by atoms with Crippen molar-refractivity contribution < 1.29 is 13.2 Å². The summed E-state index contributed by atoms with van der Waals surface area (Å²) in [6, 6.07) is -0.470. The van der Waals surface area contributed by atoms with Crippen LogP contribution in [-0.2, 0) is 9.84 Å². The van der Waals surface area contributed by atoms with Crippen molar-refractivity contribution in [3.8, 4) is 0 Å². The maximum absolute atomic E-state index is 11.7. The molecule has 0 aromatic carbocycles. The number of amides is 2. The minimum Gasteiger partial charge on any atom is -0.332 e. The SMILES string of the molecule is NCCCCCCN1C(=O)N[C@H]2CS(=O)(=O)C[C@H]21. The molecule has 0 saturated carbocycles. The first kappa shape index (κ1) is 13.6. The van der Waals surface area contributed by atoms with E-state index in [-0.39, 0.29) is 29.6 Å². The summed E-state index contributed by atoms with van der Waals surface area (Å²) in [4.78, 5) is 13.4. The van der Waals surface area contributed by atoms with Gasteiger partial charge in [0.2, 0.25) is 0 Å². The van der Waals surface area contributed by atoms with Crippen molar-refractivity contribution in [2.24, 2.45) is 5.73 Å². The zero-order chi connectivity index (χ0) is 13.2. The monoisotopic (exact) mass is 275 g/mol. The number of nitrogens with one attached hydrogen (secondary N) is 1. The van der Waals surface area contributed by atoms with Gasteiger partial charge >= 0.3 is 6.03 Å². The average molecular weight is 275 g/mol. The number of rotatable bonds is 6. The molecule has 2 amide bonds. The Bertz CT molecular complexity index is 410. The maximum atomic E-state index is 11.7. The number of hydrogen-bond donors (Lipinski definition) is 2. The predicted octanol–water partition coefficient (Wildman–Crippen LogP) is -0.304. The Morgan fingerprint density at radius 3 is 2.67 bits per heavy atom. The van der Waals surface area contributed by atoms with Gasteiger partial charge in [-0.05, 0) is 19.4 Å². The summed E-state index contributed by atoms with van der Waals surface area (Å²) in [5.74, 6) is 0.201. The number of hydrogen-bond acceptors (Lipinski definition) is 4. The van der Waals surface area contributed by atoms with Crippen LogP contribution in [0.2, 0.25) is 0 Å². The van der Waals surface area contributed by atoms with Crippen LogP contribution in [0.15, 0.2) is 0 Å². The molecule has 18 heavy (non-hydrogen) atoms. The highest BCUT2D eigenvalue weighted by Gasteiger charge is 2.48. The zero-order valence-electron chi connectivity index (χ0n) is 10.5. The van der Waals surface area contributed by atoms with E-state index in [1.807, 2.05) is 0 Å². The Hall–Kier alpha value is -0.820. The van der Waals surface area contributed by atoms with Crippen LogP contribution in [0.1, 0.15) is 25.7 Å². The summed E-state index contributed by atoms with van der Waals surface area (Å²) in [7, 11) is -2.97. The van der Waals surface area contributed by atoms with E-state index in [4.69, 9.17) is 5.73 Å². The van der Waals surface area contributed by atoms with E-state index in [2.05, 4.69) is 5.32 Å². The fourth-order valence-corrected chi connectivity index (χ4v) is 4.63. The number of nitrogens with two attached hydrogens (primary N) is 1. The number of carbonyl (C=O) groups excluding carboxylic acids is 1. The lowest BCUT2D eigenvalue weighted by molar-refractivity contribution is 0.205. The van der Waals surface area contributed by atoms with Crippen LogP contribution in [0.25, 0.3) is 0 Å². The van der Waals surface area contributed by atoms with Crippen LogP contribution in [0.3, 0.4) is 0 Å². The number of nitrogens with zero attached hydrogens (tertiary/aromatic N) is 1. The molecule has 0 bridgehead atoms. The maximum Gasteiger partial charge on any atom is 0.318 e. The fourth-order valence-electron chi connectivity index (χ4n) is 2.71. The molecular weight excluding hydrogens is 254 g/mol. The second-order valence-corrected chi connectivity index (χ2v) is 7.25. The van der Waals surface area contributed by atoms with Crippen molar-refractivity contribution in [1.82, 2.24) is 10.2 Å². The predicted molar refractivity (Wildman–Crippen MR) is 69.0 cm³/mol. The standard InChI is InChI=1S/C11H21N3O3S/c12-5-3-1-2-4-6-14-10-8-18(16,17)7-9(10)13-11(14)15/h9-10H,1-8,12H2,(H,13,15)/t9-,10+/m0/s1. The van der Waals surface area contributed by atoms with Crippen molar-refractivity contribution in [2.45, 2.75) is 37.8 Å². The quantitative estimate of drug-likeness (QED) is 0.514. The van der Waals surface area contributed by atoms with Crippen molar-refractivity contribution in [3.63, 3.8) is 0 Å². The normalized spacial score (nSPS) is 29.4. The molecular formula is C11H21N3O3S. The molecule has 2 atom stereocenters. The molecule has 7 heteroatoms. The molecule has 2 aliphatic heterocycles. The van der Waals surface area contributed by atoms with Gasteiger partial charge in [-0.25, -0.2) is 13.2 Å². The lowest BCUT2D eigenvalue weighted by Crippen LogP contribution is -2.37. The van der Waals surface area contributed by atoms with Gasteiger partial charge in [-0.15, -0.1) is 0 Å². The summed E-state index contributed by atoms with van der Waals surface area (Å²) < 4.78 is 23.0. The fraction of sp³-hybridized carbons (Fsp3) is 0.909. The minimum atomic E-state index is -2.97. The first-order chi connectivity index (χ1) is 8.53. The molecule has 0 unspecified atom stereocenters. The van der Waals surface area contributed by atoms with E-state index in [9.17, 15) is 13.2 Å². The molecule has 2 rings (SSSR count). The molecule has 0 radical (unpaired) electrons. The first-order valence-corrected chi connectivity index (χ1v) is 8.33. The van der Waals surface area contributed by atoms with Crippen LogP contribution in [0.5, 0.6) is 0 Å². The third-order valence-electron chi connectivity index (χ3n) is 3.65. The third-order valence-corrected chi connectivity index (χ3v) is 5.36. The third kappa shape index (κ3) is 2.95. The molecule has 104 valence electrons. The van der Waals surface area contributed by atoms with E-state index in [0.717, 1.165) is 25.7 Å². The molecule has 0 spiro atoms. The summed E-state index contributed by atoms with van der Waals surface area (Å²) in [5, 5.41) is 2.76. The Morgan fingerprint density at radius 1 is 1.22 bits per heavy atom. The Kier molecular flexibility index (Phi) is 4.11. The highest BCUT2D eigenvalue weighted by Crippen LogP contribution is 2.24. The number of urea groups is 1. The van der Waals surface area contributed by atoms with Crippen molar-refractivity contribution >= 4 is 15.9 Å². The Balaban J connectivity index is 1.82. The lowest BCUT2D eigenvalue weighted by atomic mass is 10.1. The van der Waals surface area contributed by atoms with E-state index in [0.29, 0.717) is 13.1 Å². The second-order valence-electron chi connectivity index (χ2n) is 5.10. The lowest BCUT2D eigenvalue weighted by Gasteiger charge is -2.20. The topological polar surface area (TPSA) is 92.5 Å². The summed E-state index contributed by atoms with van der Waals surface area (Å²) in [5.41, 5.74) is 5.41. The summed E-state index contributed by atoms with van der Waals surface area (Å²) in [6.07, 6.45) is 4.02. The number of unbranched alkanes of at least 4 members (excludes halogenated alkanes) is 3. The highest BCUT2D eigenvalue weighted by atomic mass is 32.2. The second kappa shape index (κ2) is 5.44. The van der Waals surface area contributed by atoms with E-state index in [1.54, 1.807) is 4.90 Å². The van der Waals surface area contributed by atoms with Crippen molar-refractivity contribution in [2.75, 3.05) is 24.6 Å². The molecule has 0 aromatic heterocycles. The van der Waals surface area contributed by atoms with Gasteiger partial charge in [0.1, 0.15) is 0 Å². The van der Waals surface area contributed by atoms with Gasteiger partial charge in [0.25, 0.3) is 0 Å². The minimum absolute atomic E-state index is 0.0904. The molecule has 2 aliphatic rings. The van der Waals surface area contributed by atoms with Crippen LogP contribution in [0, 0.1) is 0 Å². The molecule has 2 heterocycles. The Labute approximate surface area is 108 Å². The van der Waals surface area contributed by atoms with E-state index < -0.39 is 9.84 Å². The number of carbonyl (C=O) groups is 1. The van der Waals surface area contributed by atoms with Gasteiger partial charge in [-0.3, -0.25) is 0 Å². The van der Waals surface area contributed by atoms with Crippen molar-refractivity contribution in [3.05, 3.63) is 0 Å². The molecule has 6 nitrogen and oxygen atoms in total.